The molecule has 0 spiro atoms. The number of aryl methyl sites for hydroxylation is 1. The van der Waals surface area contributed by atoms with Crippen molar-refractivity contribution in [2.45, 2.75) is 126 Å². The molecule has 2 heterocycles. The summed E-state index contributed by atoms with van der Waals surface area (Å²) in [4.78, 5) is 16.2. The number of ether oxygens (including phenoxy) is 2. The average Bonchev–Trinajstić information content (AvgIpc) is 3.25. The molecule has 1 saturated heterocycles. The molecule has 3 unspecified atom stereocenters. The average molecular weight is 701 g/mol. The Morgan fingerprint density at radius 1 is 0.911 bits per heavy atom. The van der Waals surface area contributed by atoms with Gasteiger partial charge >= 0.3 is 41.5 Å². The summed E-state index contributed by atoms with van der Waals surface area (Å²) in [6.45, 7) is 11.4. The van der Waals surface area contributed by atoms with Gasteiger partial charge in [0, 0.05) is 18.2 Å². The Kier molecular flexibility index (Phi) is 10.6. The number of hydrogen-bond donors (Lipinski definition) is 0. The fourth-order valence-electron chi connectivity index (χ4n) is 4.05. The molecule has 1 aromatic heterocycles. The van der Waals surface area contributed by atoms with Crippen molar-refractivity contribution in [3.63, 3.8) is 0 Å². The van der Waals surface area contributed by atoms with Crippen molar-refractivity contribution in [2.24, 2.45) is 0 Å². The summed E-state index contributed by atoms with van der Waals surface area (Å²) in [6, 6.07) is 0. The maximum Gasteiger partial charge on any atom is 0.460 e. The van der Waals surface area contributed by atoms with Crippen LogP contribution in [0.1, 0.15) is 58.7 Å². The summed E-state index contributed by atoms with van der Waals surface area (Å²) in [6.07, 6.45) is -9.97. The smallest absolute Gasteiger partial charge is 0.460 e. The van der Waals surface area contributed by atoms with Crippen LogP contribution in [0.5, 0.6) is 5.88 Å². The van der Waals surface area contributed by atoms with Gasteiger partial charge in [0.2, 0.25) is 5.88 Å². The van der Waals surface area contributed by atoms with E-state index in [2.05, 4.69) is 4.98 Å². The molecule has 0 radical (unpaired) electrons. The minimum atomic E-state index is -7.98. The highest BCUT2D eigenvalue weighted by Gasteiger charge is 2.90. The Balaban J connectivity index is 2.22. The van der Waals surface area contributed by atoms with E-state index in [1.807, 2.05) is 40.8 Å². The maximum atomic E-state index is 14.1. The fraction of sp³-hybridized carbons (Fsp3) is 0.840. The first kappa shape index (κ1) is 39.1. The van der Waals surface area contributed by atoms with Gasteiger partial charge < -0.3 is 13.9 Å². The molecule has 2 rings (SSSR count). The van der Waals surface area contributed by atoms with E-state index in [0.717, 1.165) is 10.8 Å². The highest BCUT2D eigenvalue weighted by molar-refractivity contribution is 6.74. The Bertz CT molecular complexity index is 1260. The first-order chi connectivity index (χ1) is 19.9. The van der Waals surface area contributed by atoms with E-state index in [0.29, 0.717) is 6.42 Å². The molecule has 6 nitrogen and oxygen atoms in total. The molecule has 0 amide bonds. The lowest BCUT2D eigenvalue weighted by Gasteiger charge is -2.39. The summed E-state index contributed by atoms with van der Waals surface area (Å²) < 4.78 is 191. The minimum absolute atomic E-state index is 0.0863. The van der Waals surface area contributed by atoms with Gasteiger partial charge in [-0.25, -0.2) is 4.79 Å². The van der Waals surface area contributed by atoms with Gasteiger partial charge in [0.05, 0.1) is 25.2 Å². The van der Waals surface area contributed by atoms with E-state index in [1.165, 1.54) is 6.92 Å². The molecule has 0 aromatic carbocycles. The quantitative estimate of drug-likeness (QED) is 0.163. The van der Waals surface area contributed by atoms with E-state index < -0.39 is 87.1 Å². The normalized spacial score (nSPS) is 21.4. The van der Waals surface area contributed by atoms with Gasteiger partial charge in [-0.1, -0.05) is 27.7 Å². The lowest BCUT2D eigenvalue weighted by molar-refractivity contribution is -0.440. The standard InChI is InChI=1S/C25H33F13N2O4Si/c1-8-14-15(44-45(6,7)19(3,4)5)11-16(43-14)40-12-13(2)17(39-18(40)41)42-10-9-20(26,27)21(28,29)22(30,31)23(32,33)24(34,35)25(36,37)38/h12,14-16H,8-11H2,1-7H3. The molecule has 1 aliphatic heterocycles. The number of halogens is 13. The number of alkyl halides is 13. The molecule has 3 atom stereocenters. The molecule has 0 saturated carbocycles. The van der Waals surface area contributed by atoms with Crippen LogP contribution < -0.4 is 10.4 Å². The summed E-state index contributed by atoms with van der Waals surface area (Å²) >= 11 is 0. The van der Waals surface area contributed by atoms with Gasteiger partial charge in [-0.3, -0.25) is 4.57 Å². The van der Waals surface area contributed by atoms with E-state index in [1.54, 1.807) is 0 Å². The molecule has 1 aromatic rings. The highest BCUT2D eigenvalue weighted by Crippen LogP contribution is 2.60. The molecule has 20 heteroatoms. The van der Waals surface area contributed by atoms with Crippen LogP contribution in [-0.2, 0) is 9.16 Å². The van der Waals surface area contributed by atoms with Gasteiger partial charge in [0.1, 0.15) is 6.23 Å². The van der Waals surface area contributed by atoms with Crippen molar-refractivity contribution >= 4 is 8.32 Å². The van der Waals surface area contributed by atoms with Gasteiger partial charge in [-0.15, -0.1) is 0 Å². The predicted molar refractivity (Wildman–Crippen MR) is 135 cm³/mol. The Morgan fingerprint density at radius 2 is 1.42 bits per heavy atom. The number of rotatable bonds is 12. The first-order valence-corrected chi connectivity index (χ1v) is 16.3. The van der Waals surface area contributed by atoms with Crippen LogP contribution in [0.4, 0.5) is 57.1 Å². The molecule has 45 heavy (non-hydrogen) atoms. The molecule has 1 aliphatic rings. The Morgan fingerprint density at radius 3 is 1.89 bits per heavy atom. The second kappa shape index (κ2) is 12.2. The SMILES string of the molecule is CCC1OC(n2cc(C)c(OCCC(F)(F)C(F)(F)C(F)(F)C(F)(F)C(F)(F)C(F)(F)F)nc2=O)CC1O[Si](C)(C)C(C)(C)C. The monoisotopic (exact) mass is 700 g/mol. The van der Waals surface area contributed by atoms with Crippen molar-refractivity contribution in [3.8, 4) is 5.88 Å². The maximum absolute atomic E-state index is 14.1. The van der Waals surface area contributed by atoms with Crippen LogP contribution in [-0.4, -0.2) is 72.5 Å². The lowest BCUT2D eigenvalue weighted by Crippen LogP contribution is -2.70. The van der Waals surface area contributed by atoms with Gasteiger partial charge in [-0.05, 0) is 31.5 Å². The molecule has 1 fully saturated rings. The van der Waals surface area contributed by atoms with Crippen LogP contribution in [0.15, 0.2) is 11.0 Å². The van der Waals surface area contributed by atoms with E-state index in [9.17, 15) is 61.9 Å². The van der Waals surface area contributed by atoms with Crippen LogP contribution in [0.3, 0.4) is 0 Å². The third-order valence-corrected chi connectivity index (χ3v) is 12.4. The van der Waals surface area contributed by atoms with Crippen molar-refractivity contribution in [3.05, 3.63) is 22.2 Å². The lowest BCUT2D eigenvalue weighted by atomic mass is 9.93. The van der Waals surface area contributed by atoms with Crippen molar-refractivity contribution in [1.29, 1.82) is 0 Å². The number of aromatic nitrogens is 2. The topological polar surface area (TPSA) is 62.6 Å². The molecule has 0 bridgehead atoms. The molecule has 262 valence electrons. The summed E-state index contributed by atoms with van der Waals surface area (Å²) in [5, 5.41) is -0.150. The van der Waals surface area contributed by atoms with Gasteiger partial charge in [0.15, 0.2) is 8.32 Å². The van der Waals surface area contributed by atoms with E-state index in [4.69, 9.17) is 13.9 Å². The zero-order chi connectivity index (χ0) is 35.4. The summed E-state index contributed by atoms with van der Waals surface area (Å²) in [7, 11) is -2.27. The summed E-state index contributed by atoms with van der Waals surface area (Å²) in [5.41, 5.74) is -1.17. The second-order valence-electron chi connectivity index (χ2n) is 12.2. The summed E-state index contributed by atoms with van der Waals surface area (Å²) in [5.74, 6) is -38.2. The minimum Gasteiger partial charge on any atom is -0.477 e. The fourth-order valence-corrected chi connectivity index (χ4v) is 5.41. The number of nitrogens with zero attached hydrogens (tertiary/aromatic N) is 2. The highest BCUT2D eigenvalue weighted by atomic mass is 28.4. The van der Waals surface area contributed by atoms with Crippen molar-refractivity contribution in [2.75, 3.05) is 6.61 Å². The van der Waals surface area contributed by atoms with Gasteiger partial charge in [0.25, 0.3) is 0 Å². The second-order valence-corrected chi connectivity index (χ2v) is 17.0. The third-order valence-electron chi connectivity index (χ3n) is 7.89. The van der Waals surface area contributed by atoms with Crippen LogP contribution in [0, 0.1) is 6.92 Å². The Hall–Kier alpha value is -2.09. The third kappa shape index (κ3) is 6.96. The first-order valence-electron chi connectivity index (χ1n) is 13.4. The molecule has 0 N–H and O–H groups in total. The van der Waals surface area contributed by atoms with Gasteiger partial charge in [-0.2, -0.15) is 62.1 Å². The van der Waals surface area contributed by atoms with Crippen LogP contribution in [0.2, 0.25) is 18.1 Å². The zero-order valence-corrected chi connectivity index (χ0v) is 26.1. The number of hydrogen-bond acceptors (Lipinski definition) is 5. The van der Waals surface area contributed by atoms with Crippen LogP contribution in [0.25, 0.3) is 0 Å². The van der Waals surface area contributed by atoms with Crippen molar-refractivity contribution in [1.82, 2.24) is 9.55 Å². The molecular formula is C25H33F13N2O4Si. The largest absolute Gasteiger partial charge is 0.477 e. The van der Waals surface area contributed by atoms with E-state index >= 15 is 0 Å². The van der Waals surface area contributed by atoms with Crippen LogP contribution >= 0.6 is 0 Å². The van der Waals surface area contributed by atoms with Crippen molar-refractivity contribution < 1.29 is 71.0 Å². The molecule has 0 aliphatic carbocycles. The Labute approximate surface area is 250 Å². The van der Waals surface area contributed by atoms with E-state index in [-0.39, 0.29) is 17.0 Å². The molecular weight excluding hydrogens is 667 g/mol. The predicted octanol–water partition coefficient (Wildman–Crippen LogP) is 8.15. The zero-order valence-electron chi connectivity index (χ0n) is 25.1.